The van der Waals surface area contributed by atoms with Crippen LogP contribution < -0.4 is 9.47 Å². The molecule has 0 aliphatic carbocycles. The first-order valence-electron chi connectivity index (χ1n) is 6.22. The van der Waals surface area contributed by atoms with Gasteiger partial charge in [-0.1, -0.05) is 12.1 Å². The van der Waals surface area contributed by atoms with E-state index >= 15 is 0 Å². The minimum atomic E-state index is -0.121. The van der Waals surface area contributed by atoms with E-state index in [0.717, 1.165) is 28.2 Å². The van der Waals surface area contributed by atoms with Gasteiger partial charge in [0.1, 0.15) is 12.3 Å². The van der Waals surface area contributed by atoms with Gasteiger partial charge in [0.05, 0.1) is 5.69 Å². The van der Waals surface area contributed by atoms with Crippen LogP contribution in [0.5, 0.6) is 11.5 Å². The van der Waals surface area contributed by atoms with Gasteiger partial charge in [-0.3, -0.25) is 0 Å². The number of fused-ring (bicyclic) bond motifs is 2. The van der Waals surface area contributed by atoms with Crippen molar-refractivity contribution in [3.8, 4) is 11.5 Å². The van der Waals surface area contributed by atoms with Crippen molar-refractivity contribution < 1.29 is 9.47 Å². The predicted molar refractivity (Wildman–Crippen MR) is 71.4 cm³/mol. The minimum absolute atomic E-state index is 0.121. The normalized spacial score (nSPS) is 17.6. The number of aromatic nitrogens is 2. The maximum Gasteiger partial charge on any atom is 0.172 e. The molecular weight excluding hydrogens is 240 g/mol. The first-order valence-corrected chi connectivity index (χ1v) is 6.22. The zero-order chi connectivity index (χ0) is 12.7. The number of nitrogens with one attached hydrogen (secondary N) is 1. The molecule has 0 radical (unpaired) electrons. The highest BCUT2D eigenvalue weighted by Crippen LogP contribution is 2.36. The minimum Gasteiger partial charge on any atom is -0.485 e. The lowest BCUT2D eigenvalue weighted by atomic mass is 10.2. The Balaban J connectivity index is 1.70. The van der Waals surface area contributed by atoms with Gasteiger partial charge in [-0.2, -0.15) is 0 Å². The molecule has 0 saturated heterocycles. The summed E-state index contributed by atoms with van der Waals surface area (Å²) in [5.74, 6) is 1.58. The van der Waals surface area contributed by atoms with Crippen molar-refractivity contribution in [3.05, 3.63) is 54.4 Å². The second-order valence-corrected chi connectivity index (χ2v) is 4.53. The third kappa shape index (κ3) is 1.73. The zero-order valence-electron chi connectivity index (χ0n) is 10.2. The largest absolute Gasteiger partial charge is 0.485 e. The van der Waals surface area contributed by atoms with E-state index in [0.29, 0.717) is 6.61 Å². The van der Waals surface area contributed by atoms with Gasteiger partial charge in [-0.05, 0) is 30.3 Å². The number of hydrogen-bond donors (Lipinski definition) is 1. The van der Waals surface area contributed by atoms with Crippen molar-refractivity contribution in [3.63, 3.8) is 0 Å². The van der Waals surface area contributed by atoms with Crippen LogP contribution in [-0.2, 0) is 0 Å². The molecule has 4 nitrogen and oxygen atoms in total. The van der Waals surface area contributed by atoms with E-state index in [9.17, 15) is 0 Å². The molecule has 0 spiro atoms. The highest BCUT2D eigenvalue weighted by molar-refractivity contribution is 5.76. The molecule has 4 rings (SSSR count). The Morgan fingerprint density at radius 2 is 2.00 bits per heavy atom. The van der Waals surface area contributed by atoms with Crippen LogP contribution >= 0.6 is 0 Å². The van der Waals surface area contributed by atoms with Crippen LogP contribution in [-0.4, -0.2) is 16.6 Å². The summed E-state index contributed by atoms with van der Waals surface area (Å²) < 4.78 is 11.7. The van der Waals surface area contributed by atoms with Gasteiger partial charge in [0.2, 0.25) is 0 Å². The van der Waals surface area contributed by atoms with Gasteiger partial charge in [-0.15, -0.1) is 0 Å². The summed E-state index contributed by atoms with van der Waals surface area (Å²) in [6.45, 7) is 0.504. The number of benzene rings is 1. The molecule has 1 aromatic carbocycles. The second-order valence-electron chi connectivity index (χ2n) is 4.53. The van der Waals surface area contributed by atoms with Gasteiger partial charge < -0.3 is 14.5 Å². The average molecular weight is 252 g/mol. The lowest BCUT2D eigenvalue weighted by molar-refractivity contribution is 0.0888. The Bertz CT molecular complexity index is 703. The lowest BCUT2D eigenvalue weighted by Crippen LogP contribution is -2.21. The molecular formula is C15H12N2O2. The number of aromatic amines is 1. The Labute approximate surface area is 110 Å². The standard InChI is InChI=1S/C15H12N2O2/c1-2-6-13-12(5-1)18-9-14(19-13)11-8-10-4-3-7-16-15(10)17-11/h1-8,14H,9H2,(H,16,17). The van der Waals surface area contributed by atoms with Crippen molar-refractivity contribution in [2.24, 2.45) is 0 Å². The molecule has 3 heterocycles. The van der Waals surface area contributed by atoms with Gasteiger partial charge in [0.15, 0.2) is 17.6 Å². The molecule has 19 heavy (non-hydrogen) atoms. The number of pyridine rings is 1. The maximum absolute atomic E-state index is 5.96. The molecule has 3 aromatic rings. The fourth-order valence-electron chi connectivity index (χ4n) is 2.33. The van der Waals surface area contributed by atoms with Gasteiger partial charge >= 0.3 is 0 Å². The molecule has 0 saturated carbocycles. The summed E-state index contributed by atoms with van der Waals surface area (Å²) in [5, 5.41) is 1.08. The van der Waals surface area contributed by atoms with E-state index < -0.39 is 0 Å². The van der Waals surface area contributed by atoms with Crippen molar-refractivity contribution in [2.45, 2.75) is 6.10 Å². The first-order chi connectivity index (χ1) is 9.40. The van der Waals surface area contributed by atoms with Crippen LogP contribution in [0.3, 0.4) is 0 Å². The molecule has 0 bridgehead atoms. The number of ether oxygens (including phenoxy) is 2. The fraction of sp³-hybridized carbons (Fsp3) is 0.133. The van der Waals surface area contributed by atoms with E-state index in [1.807, 2.05) is 36.4 Å². The van der Waals surface area contributed by atoms with E-state index in [1.165, 1.54) is 0 Å². The first kappa shape index (κ1) is 10.4. The molecule has 1 N–H and O–H groups in total. The fourth-order valence-corrected chi connectivity index (χ4v) is 2.33. The summed E-state index contributed by atoms with van der Waals surface area (Å²) in [6, 6.07) is 13.7. The van der Waals surface area contributed by atoms with Gasteiger partial charge in [-0.25, -0.2) is 4.98 Å². The van der Waals surface area contributed by atoms with Crippen molar-refractivity contribution >= 4 is 11.0 Å². The van der Waals surface area contributed by atoms with E-state index in [2.05, 4.69) is 16.0 Å². The highest BCUT2D eigenvalue weighted by atomic mass is 16.6. The predicted octanol–water partition coefficient (Wildman–Crippen LogP) is 3.08. The summed E-state index contributed by atoms with van der Waals surface area (Å²) in [4.78, 5) is 7.57. The Hall–Kier alpha value is -2.49. The van der Waals surface area contributed by atoms with Crippen LogP contribution in [0.2, 0.25) is 0 Å². The number of H-pyrrole nitrogens is 1. The zero-order valence-corrected chi connectivity index (χ0v) is 10.2. The van der Waals surface area contributed by atoms with Crippen molar-refractivity contribution in [1.82, 2.24) is 9.97 Å². The van der Waals surface area contributed by atoms with E-state index in [1.54, 1.807) is 6.20 Å². The molecule has 2 aromatic heterocycles. The summed E-state index contributed by atoms with van der Waals surface area (Å²) >= 11 is 0. The van der Waals surface area contributed by atoms with Crippen LogP contribution in [0.25, 0.3) is 11.0 Å². The van der Waals surface area contributed by atoms with Crippen molar-refractivity contribution in [1.29, 1.82) is 0 Å². The molecule has 1 unspecified atom stereocenters. The molecule has 1 aliphatic heterocycles. The van der Waals surface area contributed by atoms with Gasteiger partial charge in [0.25, 0.3) is 0 Å². The SMILES string of the molecule is c1ccc2c(c1)OCC(c1cc3cccnc3[nH]1)O2. The van der Waals surface area contributed by atoms with Crippen molar-refractivity contribution in [2.75, 3.05) is 6.61 Å². The topological polar surface area (TPSA) is 47.1 Å². The van der Waals surface area contributed by atoms with E-state index in [4.69, 9.17) is 9.47 Å². The maximum atomic E-state index is 5.96. The second kappa shape index (κ2) is 4.02. The number of rotatable bonds is 1. The van der Waals surface area contributed by atoms with Crippen LogP contribution in [0, 0.1) is 0 Å². The molecule has 0 amide bonds. The Morgan fingerprint density at radius 1 is 1.11 bits per heavy atom. The Morgan fingerprint density at radius 3 is 2.89 bits per heavy atom. The van der Waals surface area contributed by atoms with Crippen LogP contribution in [0.15, 0.2) is 48.7 Å². The third-order valence-electron chi connectivity index (χ3n) is 3.27. The molecule has 4 heteroatoms. The monoisotopic (exact) mass is 252 g/mol. The highest BCUT2D eigenvalue weighted by Gasteiger charge is 2.23. The number of nitrogens with zero attached hydrogens (tertiary/aromatic N) is 1. The number of para-hydroxylation sites is 2. The molecule has 0 fully saturated rings. The summed E-state index contributed by atoms with van der Waals surface area (Å²) in [6.07, 6.45) is 1.65. The van der Waals surface area contributed by atoms with E-state index in [-0.39, 0.29) is 6.10 Å². The quantitative estimate of drug-likeness (QED) is 0.724. The average Bonchev–Trinajstić information content (AvgIpc) is 2.90. The summed E-state index contributed by atoms with van der Waals surface area (Å²) in [5.41, 5.74) is 1.86. The van der Waals surface area contributed by atoms with Crippen LogP contribution in [0.1, 0.15) is 11.8 Å². The third-order valence-corrected chi connectivity index (χ3v) is 3.27. The Kier molecular flexibility index (Phi) is 2.21. The molecule has 1 aliphatic rings. The smallest absolute Gasteiger partial charge is 0.172 e. The molecule has 94 valence electrons. The number of hydrogen-bond acceptors (Lipinski definition) is 3. The van der Waals surface area contributed by atoms with Crippen LogP contribution in [0.4, 0.5) is 0 Å². The summed E-state index contributed by atoms with van der Waals surface area (Å²) in [7, 11) is 0. The van der Waals surface area contributed by atoms with Gasteiger partial charge in [0, 0.05) is 11.6 Å². The lowest BCUT2D eigenvalue weighted by Gasteiger charge is -2.25. The molecule has 1 atom stereocenters.